The smallest absolute Gasteiger partial charge is 0.0323 e. The van der Waals surface area contributed by atoms with E-state index in [1.807, 2.05) is 16.8 Å². The summed E-state index contributed by atoms with van der Waals surface area (Å²) in [5, 5.41) is 3.95. The molecular weight excluding hydrogens is 118 g/mol. The van der Waals surface area contributed by atoms with Crippen LogP contribution >= 0.6 is 11.3 Å². The van der Waals surface area contributed by atoms with Crippen molar-refractivity contribution in [3.63, 3.8) is 0 Å². The first kappa shape index (κ1) is 5.38. The monoisotopic (exact) mass is 125 g/mol. The van der Waals surface area contributed by atoms with Crippen molar-refractivity contribution in [1.82, 2.24) is 0 Å². The van der Waals surface area contributed by atoms with E-state index in [9.17, 15) is 0 Å². The van der Waals surface area contributed by atoms with Crippen LogP contribution in [0.3, 0.4) is 0 Å². The van der Waals surface area contributed by atoms with E-state index in [0.29, 0.717) is 5.70 Å². The van der Waals surface area contributed by atoms with Gasteiger partial charge in [-0.25, -0.2) is 0 Å². The lowest BCUT2D eigenvalue weighted by atomic mass is 10.3. The zero-order chi connectivity index (χ0) is 5.98. The summed E-state index contributed by atoms with van der Waals surface area (Å²) in [7, 11) is 0. The van der Waals surface area contributed by atoms with Crippen LogP contribution in [0.1, 0.15) is 5.56 Å². The van der Waals surface area contributed by atoms with Gasteiger partial charge < -0.3 is 5.73 Å². The maximum Gasteiger partial charge on any atom is 0.0323 e. The second kappa shape index (κ2) is 2.01. The van der Waals surface area contributed by atoms with E-state index in [4.69, 9.17) is 5.73 Å². The molecule has 2 N–H and O–H groups in total. The lowest BCUT2D eigenvalue weighted by Gasteiger charge is -1.87. The van der Waals surface area contributed by atoms with E-state index < -0.39 is 0 Å². The topological polar surface area (TPSA) is 26.0 Å². The van der Waals surface area contributed by atoms with Crippen LogP contribution in [0.15, 0.2) is 23.4 Å². The summed E-state index contributed by atoms with van der Waals surface area (Å²) in [5.41, 5.74) is 7.05. The van der Waals surface area contributed by atoms with Gasteiger partial charge in [0.15, 0.2) is 0 Å². The predicted octanol–water partition coefficient (Wildman–Crippen LogP) is 1.68. The molecular formula is C6H7NS. The minimum atomic E-state index is 0.645. The Labute approximate surface area is 52.5 Å². The van der Waals surface area contributed by atoms with Crippen LogP contribution in [-0.4, -0.2) is 0 Å². The Morgan fingerprint density at radius 3 is 2.75 bits per heavy atom. The molecule has 1 rings (SSSR count). The molecule has 1 heterocycles. The molecule has 0 aliphatic carbocycles. The van der Waals surface area contributed by atoms with E-state index >= 15 is 0 Å². The van der Waals surface area contributed by atoms with Gasteiger partial charge in [-0.15, -0.1) is 0 Å². The fourth-order valence-corrected chi connectivity index (χ4v) is 1.13. The lowest BCUT2D eigenvalue weighted by Crippen LogP contribution is -1.89. The molecule has 2 heteroatoms. The highest BCUT2D eigenvalue weighted by Crippen LogP contribution is 2.09. The van der Waals surface area contributed by atoms with Crippen LogP contribution in [-0.2, 0) is 0 Å². The number of hydrogen-bond donors (Lipinski definition) is 1. The minimum absolute atomic E-state index is 0.645. The average Bonchev–Trinajstić information content (AvgIpc) is 2.12. The Bertz CT molecular complexity index is 176. The first-order chi connectivity index (χ1) is 3.80. The van der Waals surface area contributed by atoms with Gasteiger partial charge in [-0.3, -0.25) is 0 Å². The van der Waals surface area contributed by atoms with Gasteiger partial charge in [0.2, 0.25) is 0 Å². The number of thiophene rings is 1. The minimum Gasteiger partial charge on any atom is -0.399 e. The van der Waals surface area contributed by atoms with E-state index in [1.54, 1.807) is 11.3 Å². The third-order valence-electron chi connectivity index (χ3n) is 0.892. The largest absolute Gasteiger partial charge is 0.399 e. The van der Waals surface area contributed by atoms with Crippen LogP contribution in [0.4, 0.5) is 0 Å². The molecule has 0 atom stereocenters. The van der Waals surface area contributed by atoms with Gasteiger partial charge in [0.05, 0.1) is 0 Å². The summed E-state index contributed by atoms with van der Waals surface area (Å²) in [6, 6.07) is 1.95. The molecule has 1 aromatic rings. The van der Waals surface area contributed by atoms with Gasteiger partial charge in [0, 0.05) is 11.3 Å². The molecule has 0 amide bonds. The first-order valence-corrected chi connectivity index (χ1v) is 3.22. The molecule has 0 unspecified atom stereocenters. The molecule has 0 aromatic carbocycles. The summed E-state index contributed by atoms with van der Waals surface area (Å²) in [5.74, 6) is 0. The van der Waals surface area contributed by atoms with Gasteiger partial charge in [-0.1, -0.05) is 6.58 Å². The fourth-order valence-electron chi connectivity index (χ4n) is 0.447. The van der Waals surface area contributed by atoms with E-state index in [0.717, 1.165) is 5.56 Å². The third-order valence-corrected chi connectivity index (χ3v) is 1.58. The number of rotatable bonds is 1. The standard InChI is InChI=1S/C6H7NS/c1-5(7)6-2-3-8-4-6/h2-4H,1,7H2. The SMILES string of the molecule is C=C(N)c1ccsc1. The van der Waals surface area contributed by atoms with Crippen molar-refractivity contribution in [1.29, 1.82) is 0 Å². The molecule has 0 bridgehead atoms. The molecule has 1 nitrogen and oxygen atoms in total. The van der Waals surface area contributed by atoms with Gasteiger partial charge in [0.1, 0.15) is 0 Å². The summed E-state index contributed by atoms with van der Waals surface area (Å²) in [6.45, 7) is 3.58. The Morgan fingerprint density at radius 2 is 2.50 bits per heavy atom. The highest BCUT2D eigenvalue weighted by molar-refractivity contribution is 7.08. The highest BCUT2D eigenvalue weighted by Gasteiger charge is 1.89. The zero-order valence-corrected chi connectivity index (χ0v) is 5.24. The summed E-state index contributed by atoms with van der Waals surface area (Å²) in [6.07, 6.45) is 0. The maximum absolute atomic E-state index is 5.37. The van der Waals surface area contributed by atoms with Gasteiger partial charge in [-0.2, -0.15) is 11.3 Å². The van der Waals surface area contributed by atoms with Crippen LogP contribution in [0.5, 0.6) is 0 Å². The Balaban J connectivity index is 2.93. The van der Waals surface area contributed by atoms with E-state index in [1.165, 1.54) is 0 Å². The molecule has 1 aromatic heterocycles. The number of nitrogens with two attached hydrogens (primary N) is 1. The second-order valence-electron chi connectivity index (χ2n) is 1.54. The van der Waals surface area contributed by atoms with Crippen molar-refractivity contribution in [3.8, 4) is 0 Å². The number of hydrogen-bond acceptors (Lipinski definition) is 2. The van der Waals surface area contributed by atoms with Crippen LogP contribution in [0.25, 0.3) is 5.70 Å². The quantitative estimate of drug-likeness (QED) is 0.607. The zero-order valence-electron chi connectivity index (χ0n) is 4.42. The van der Waals surface area contributed by atoms with Crippen LogP contribution in [0.2, 0.25) is 0 Å². The van der Waals surface area contributed by atoms with Gasteiger partial charge in [-0.05, 0) is 16.8 Å². The van der Waals surface area contributed by atoms with E-state index in [2.05, 4.69) is 6.58 Å². The highest BCUT2D eigenvalue weighted by atomic mass is 32.1. The molecule has 0 saturated heterocycles. The molecule has 8 heavy (non-hydrogen) atoms. The third kappa shape index (κ3) is 0.898. The lowest BCUT2D eigenvalue weighted by molar-refractivity contribution is 1.59. The van der Waals surface area contributed by atoms with Gasteiger partial charge in [0.25, 0.3) is 0 Å². The van der Waals surface area contributed by atoms with Gasteiger partial charge >= 0.3 is 0 Å². The summed E-state index contributed by atoms with van der Waals surface area (Å²) >= 11 is 1.63. The van der Waals surface area contributed by atoms with Crippen molar-refractivity contribution in [2.75, 3.05) is 0 Å². The van der Waals surface area contributed by atoms with Crippen molar-refractivity contribution < 1.29 is 0 Å². The first-order valence-electron chi connectivity index (χ1n) is 2.27. The van der Waals surface area contributed by atoms with Crippen molar-refractivity contribution in [3.05, 3.63) is 29.0 Å². The Morgan fingerprint density at radius 1 is 1.75 bits per heavy atom. The molecule has 42 valence electrons. The summed E-state index contributed by atoms with van der Waals surface area (Å²) < 4.78 is 0. The molecule has 0 aliphatic rings. The molecule has 0 fully saturated rings. The summed E-state index contributed by atoms with van der Waals surface area (Å²) in [4.78, 5) is 0. The Kier molecular flexibility index (Phi) is 1.35. The second-order valence-corrected chi connectivity index (χ2v) is 2.32. The van der Waals surface area contributed by atoms with Crippen LogP contribution < -0.4 is 5.73 Å². The van der Waals surface area contributed by atoms with Crippen molar-refractivity contribution >= 4 is 17.0 Å². The molecule has 0 radical (unpaired) electrons. The molecule has 0 saturated carbocycles. The van der Waals surface area contributed by atoms with Crippen LogP contribution in [0, 0.1) is 0 Å². The molecule has 0 aliphatic heterocycles. The Hall–Kier alpha value is -0.760. The van der Waals surface area contributed by atoms with Crippen molar-refractivity contribution in [2.24, 2.45) is 5.73 Å². The fraction of sp³-hybridized carbons (Fsp3) is 0. The predicted molar refractivity (Wildman–Crippen MR) is 37.5 cm³/mol. The molecule has 0 spiro atoms. The normalized spacial score (nSPS) is 9.00. The average molecular weight is 125 g/mol. The van der Waals surface area contributed by atoms with Crippen molar-refractivity contribution in [2.45, 2.75) is 0 Å². The maximum atomic E-state index is 5.37. The van der Waals surface area contributed by atoms with E-state index in [-0.39, 0.29) is 0 Å².